The molecule has 0 aliphatic carbocycles. The SMILES string of the molecule is CCS(=O)(=O)Nc1ccc(NCC2CCCCN2C)cc1. The summed E-state index contributed by atoms with van der Waals surface area (Å²) in [4.78, 5) is 2.40. The molecule has 0 saturated carbocycles. The van der Waals surface area contributed by atoms with Crippen molar-refractivity contribution in [2.45, 2.75) is 32.2 Å². The second-order valence-corrected chi connectivity index (χ2v) is 7.60. The molecule has 1 fully saturated rings. The molecular formula is C15H25N3O2S. The Balaban J connectivity index is 1.87. The van der Waals surface area contributed by atoms with E-state index in [9.17, 15) is 8.42 Å². The number of hydrogen-bond acceptors (Lipinski definition) is 4. The molecule has 1 saturated heterocycles. The van der Waals surface area contributed by atoms with Crippen LogP contribution in [0.5, 0.6) is 0 Å². The van der Waals surface area contributed by atoms with Crippen LogP contribution < -0.4 is 10.0 Å². The minimum atomic E-state index is -3.20. The first-order chi connectivity index (χ1) is 10.00. The summed E-state index contributed by atoms with van der Waals surface area (Å²) in [7, 11) is -1.02. The van der Waals surface area contributed by atoms with E-state index in [1.54, 1.807) is 19.1 Å². The Morgan fingerprint density at radius 2 is 1.86 bits per heavy atom. The molecule has 2 N–H and O–H groups in total. The second-order valence-electron chi connectivity index (χ2n) is 5.59. The predicted octanol–water partition coefficient (Wildman–Crippen LogP) is 2.34. The topological polar surface area (TPSA) is 61.4 Å². The fraction of sp³-hybridized carbons (Fsp3) is 0.600. The van der Waals surface area contributed by atoms with Gasteiger partial charge in [0.2, 0.25) is 10.0 Å². The highest BCUT2D eigenvalue weighted by Gasteiger charge is 2.18. The summed E-state index contributed by atoms with van der Waals surface area (Å²) in [5, 5.41) is 3.43. The van der Waals surface area contributed by atoms with Crippen LogP contribution in [0.2, 0.25) is 0 Å². The quantitative estimate of drug-likeness (QED) is 0.846. The number of likely N-dealkylation sites (N-methyl/N-ethyl adjacent to an activating group) is 1. The number of hydrogen-bond donors (Lipinski definition) is 2. The van der Waals surface area contributed by atoms with Gasteiger partial charge in [0.1, 0.15) is 0 Å². The van der Waals surface area contributed by atoms with Crippen LogP contribution in [0.1, 0.15) is 26.2 Å². The highest BCUT2D eigenvalue weighted by molar-refractivity contribution is 7.92. The van der Waals surface area contributed by atoms with Crippen molar-refractivity contribution in [3.63, 3.8) is 0 Å². The van der Waals surface area contributed by atoms with Gasteiger partial charge in [-0.25, -0.2) is 8.42 Å². The van der Waals surface area contributed by atoms with Crippen LogP contribution in [0.3, 0.4) is 0 Å². The zero-order valence-electron chi connectivity index (χ0n) is 12.8. The van der Waals surface area contributed by atoms with Gasteiger partial charge in [0.15, 0.2) is 0 Å². The number of rotatable bonds is 6. The number of nitrogens with zero attached hydrogens (tertiary/aromatic N) is 1. The van der Waals surface area contributed by atoms with E-state index in [-0.39, 0.29) is 5.75 Å². The van der Waals surface area contributed by atoms with E-state index in [0.717, 1.165) is 12.2 Å². The lowest BCUT2D eigenvalue weighted by molar-refractivity contribution is 0.194. The average Bonchev–Trinajstić information content (AvgIpc) is 2.48. The van der Waals surface area contributed by atoms with Gasteiger partial charge in [-0.05, 0) is 57.6 Å². The van der Waals surface area contributed by atoms with E-state index < -0.39 is 10.0 Å². The normalized spacial score (nSPS) is 20.2. The zero-order valence-corrected chi connectivity index (χ0v) is 13.6. The van der Waals surface area contributed by atoms with Crippen LogP contribution in [0.15, 0.2) is 24.3 Å². The number of nitrogens with one attached hydrogen (secondary N) is 2. The molecule has 1 heterocycles. The van der Waals surface area contributed by atoms with Crippen molar-refractivity contribution < 1.29 is 8.42 Å². The molecule has 0 spiro atoms. The molecular weight excluding hydrogens is 286 g/mol. The molecule has 118 valence electrons. The van der Waals surface area contributed by atoms with Crippen LogP contribution in [-0.2, 0) is 10.0 Å². The van der Waals surface area contributed by atoms with Crippen LogP contribution in [0.4, 0.5) is 11.4 Å². The summed E-state index contributed by atoms with van der Waals surface area (Å²) >= 11 is 0. The lowest BCUT2D eigenvalue weighted by atomic mass is 10.0. The Morgan fingerprint density at radius 3 is 2.48 bits per heavy atom. The lowest BCUT2D eigenvalue weighted by Crippen LogP contribution is -2.40. The standard InChI is InChI=1S/C15H25N3O2S/c1-3-21(19,20)17-14-9-7-13(8-10-14)16-12-15-6-4-5-11-18(15)2/h7-10,15-17H,3-6,11-12H2,1-2H3. The van der Waals surface area contributed by atoms with Gasteiger partial charge in [-0.15, -0.1) is 0 Å². The third-order valence-corrected chi connectivity index (χ3v) is 5.31. The molecule has 0 radical (unpaired) electrons. The van der Waals surface area contributed by atoms with Gasteiger partial charge in [-0.1, -0.05) is 6.42 Å². The van der Waals surface area contributed by atoms with Crippen molar-refractivity contribution in [3.8, 4) is 0 Å². The number of piperidine rings is 1. The fourth-order valence-electron chi connectivity index (χ4n) is 2.55. The number of likely N-dealkylation sites (tertiary alicyclic amines) is 1. The van der Waals surface area contributed by atoms with Gasteiger partial charge in [-0.2, -0.15) is 0 Å². The smallest absolute Gasteiger partial charge is 0.232 e. The molecule has 1 aliphatic heterocycles. The Morgan fingerprint density at radius 1 is 1.19 bits per heavy atom. The van der Waals surface area contributed by atoms with Crippen LogP contribution in [0, 0.1) is 0 Å². The number of benzene rings is 1. The molecule has 1 aliphatic rings. The predicted molar refractivity (Wildman–Crippen MR) is 88.3 cm³/mol. The highest BCUT2D eigenvalue weighted by Crippen LogP contribution is 2.18. The van der Waals surface area contributed by atoms with Crippen molar-refractivity contribution >= 4 is 21.4 Å². The molecule has 0 aromatic heterocycles. The van der Waals surface area contributed by atoms with E-state index in [4.69, 9.17) is 0 Å². The van der Waals surface area contributed by atoms with Crippen LogP contribution in [0.25, 0.3) is 0 Å². The Kier molecular flexibility index (Phi) is 5.47. The third-order valence-electron chi connectivity index (χ3n) is 4.00. The summed E-state index contributed by atoms with van der Waals surface area (Å²) in [6.07, 6.45) is 3.82. The third kappa shape index (κ3) is 4.89. The molecule has 21 heavy (non-hydrogen) atoms. The summed E-state index contributed by atoms with van der Waals surface area (Å²) < 4.78 is 25.5. The molecule has 1 unspecified atom stereocenters. The van der Waals surface area contributed by atoms with E-state index in [0.29, 0.717) is 11.7 Å². The molecule has 5 nitrogen and oxygen atoms in total. The Bertz CT molecular complexity index is 543. The summed E-state index contributed by atoms with van der Waals surface area (Å²) in [6.45, 7) is 3.72. The second kappa shape index (κ2) is 7.13. The van der Waals surface area contributed by atoms with Crippen LogP contribution in [-0.4, -0.2) is 45.2 Å². The lowest BCUT2D eigenvalue weighted by Gasteiger charge is -2.32. The summed E-state index contributed by atoms with van der Waals surface area (Å²) in [6, 6.07) is 7.99. The molecule has 1 atom stereocenters. The monoisotopic (exact) mass is 311 g/mol. The first-order valence-electron chi connectivity index (χ1n) is 7.55. The Hall–Kier alpha value is -1.27. The maximum Gasteiger partial charge on any atom is 0.232 e. The van der Waals surface area contributed by atoms with Crippen LogP contribution >= 0.6 is 0 Å². The highest BCUT2D eigenvalue weighted by atomic mass is 32.2. The van der Waals surface area contributed by atoms with E-state index >= 15 is 0 Å². The molecule has 0 amide bonds. The van der Waals surface area contributed by atoms with Gasteiger partial charge < -0.3 is 10.2 Å². The molecule has 0 bridgehead atoms. The van der Waals surface area contributed by atoms with Gasteiger partial charge in [0.05, 0.1) is 5.75 Å². The van der Waals surface area contributed by atoms with E-state index in [2.05, 4.69) is 22.0 Å². The van der Waals surface area contributed by atoms with Gasteiger partial charge in [0.25, 0.3) is 0 Å². The number of sulfonamides is 1. The minimum absolute atomic E-state index is 0.0843. The zero-order chi connectivity index (χ0) is 15.3. The molecule has 1 aromatic rings. The van der Waals surface area contributed by atoms with Crippen molar-refractivity contribution in [1.82, 2.24) is 4.90 Å². The summed E-state index contributed by atoms with van der Waals surface area (Å²) in [5.74, 6) is 0.0843. The van der Waals surface area contributed by atoms with Gasteiger partial charge in [0, 0.05) is 24.0 Å². The van der Waals surface area contributed by atoms with Crippen molar-refractivity contribution in [2.75, 3.05) is 35.9 Å². The Labute approximate surface area is 127 Å². The molecule has 2 rings (SSSR count). The van der Waals surface area contributed by atoms with E-state index in [1.165, 1.54) is 25.8 Å². The maximum atomic E-state index is 11.5. The van der Waals surface area contributed by atoms with Crippen molar-refractivity contribution in [3.05, 3.63) is 24.3 Å². The molecule has 1 aromatic carbocycles. The minimum Gasteiger partial charge on any atom is -0.383 e. The van der Waals surface area contributed by atoms with E-state index in [1.807, 2.05) is 12.1 Å². The average molecular weight is 311 g/mol. The fourth-order valence-corrected chi connectivity index (χ4v) is 3.19. The summed E-state index contributed by atoms with van der Waals surface area (Å²) in [5.41, 5.74) is 1.63. The number of anilines is 2. The van der Waals surface area contributed by atoms with Gasteiger partial charge >= 0.3 is 0 Å². The maximum absolute atomic E-state index is 11.5. The van der Waals surface area contributed by atoms with Gasteiger partial charge in [-0.3, -0.25) is 4.72 Å². The van der Waals surface area contributed by atoms with Crippen molar-refractivity contribution in [1.29, 1.82) is 0 Å². The first-order valence-corrected chi connectivity index (χ1v) is 9.20. The molecule has 6 heteroatoms. The first kappa shape index (κ1) is 16.1. The van der Waals surface area contributed by atoms with Crippen molar-refractivity contribution in [2.24, 2.45) is 0 Å². The largest absolute Gasteiger partial charge is 0.383 e.